The number of nitrogens with zero attached hydrogens (tertiary/aromatic N) is 2. The highest BCUT2D eigenvalue weighted by atomic mass is 32.3. The number of aromatic carboxylic acids is 1. The minimum atomic E-state index is -4.82. The lowest BCUT2D eigenvalue weighted by molar-refractivity contribution is 0.0694. The second-order valence-electron chi connectivity index (χ2n) is 7.66. The van der Waals surface area contributed by atoms with E-state index in [2.05, 4.69) is 25.2 Å². The van der Waals surface area contributed by atoms with Crippen LogP contribution in [-0.4, -0.2) is 44.8 Å². The Morgan fingerprint density at radius 2 is 1.55 bits per heavy atom. The summed E-state index contributed by atoms with van der Waals surface area (Å²) in [6, 6.07) is 12.5. The molecular formula is C22H20N4O10S2. The van der Waals surface area contributed by atoms with Crippen molar-refractivity contribution in [3.05, 3.63) is 96.9 Å². The van der Waals surface area contributed by atoms with Crippen molar-refractivity contribution in [1.82, 2.24) is 0 Å². The maximum Gasteiger partial charge on any atom is 0.397 e. The maximum absolute atomic E-state index is 12.9. The standard InChI is InChI=1S/C22H20N4O10S2/c1-13-5-7-14(8-6-13)23-25-19-17(22(29)30)12-18(27)20(21(19)28)26-24-15-3-2-4-16(11-15)37(31,32)10-9-36-38(33,34)35/h2-8,11-12,23-24H,9-10H2,1H3,(H,29,30)(H,33,34,35). The van der Waals surface area contributed by atoms with Gasteiger partial charge >= 0.3 is 16.4 Å². The van der Waals surface area contributed by atoms with Crippen molar-refractivity contribution < 1.29 is 35.5 Å². The van der Waals surface area contributed by atoms with Gasteiger partial charge < -0.3 is 5.11 Å². The highest BCUT2D eigenvalue weighted by Crippen LogP contribution is 2.17. The van der Waals surface area contributed by atoms with Crippen molar-refractivity contribution >= 4 is 37.6 Å². The predicted molar refractivity (Wildman–Crippen MR) is 134 cm³/mol. The van der Waals surface area contributed by atoms with Gasteiger partial charge in [0.2, 0.25) is 10.9 Å². The van der Waals surface area contributed by atoms with Gasteiger partial charge in [-0.25, -0.2) is 17.4 Å². The maximum atomic E-state index is 12.9. The van der Waals surface area contributed by atoms with Gasteiger partial charge in [-0.1, -0.05) is 23.8 Å². The SMILES string of the molecule is Cc1ccc(NN=c2c(C(=O)O)cc(=O)c(=NNc3cccc(S(=O)(=O)CCOS(=O)(=O)O)c3)c2=O)cc1. The van der Waals surface area contributed by atoms with Crippen LogP contribution in [0.25, 0.3) is 0 Å². The third-order valence-corrected chi connectivity index (χ3v) is 6.99. The summed E-state index contributed by atoms with van der Waals surface area (Å²) in [5.41, 5.74) is 3.63. The molecule has 0 saturated heterocycles. The fraction of sp³-hybridized carbons (Fsp3) is 0.136. The zero-order valence-corrected chi connectivity index (χ0v) is 21.1. The fourth-order valence-corrected chi connectivity index (χ4v) is 4.52. The van der Waals surface area contributed by atoms with Crippen LogP contribution >= 0.6 is 0 Å². The molecule has 3 aromatic carbocycles. The number of hydrogen-bond acceptors (Lipinski definition) is 12. The average molecular weight is 565 g/mol. The molecule has 0 amide bonds. The molecule has 0 aromatic heterocycles. The first-order valence-electron chi connectivity index (χ1n) is 10.5. The molecule has 0 fully saturated rings. The van der Waals surface area contributed by atoms with Gasteiger partial charge in [0.05, 0.1) is 34.2 Å². The Morgan fingerprint density at radius 3 is 2.18 bits per heavy atom. The zero-order chi connectivity index (χ0) is 28.1. The van der Waals surface area contributed by atoms with Gasteiger partial charge in [-0.05, 0) is 37.3 Å². The van der Waals surface area contributed by atoms with Crippen LogP contribution in [0.4, 0.5) is 11.4 Å². The average Bonchev–Trinajstić information content (AvgIpc) is 2.83. The first-order valence-corrected chi connectivity index (χ1v) is 13.5. The van der Waals surface area contributed by atoms with Gasteiger partial charge in [0, 0.05) is 6.07 Å². The van der Waals surface area contributed by atoms with E-state index in [0.717, 1.165) is 11.6 Å². The lowest BCUT2D eigenvalue weighted by atomic mass is 10.2. The molecule has 0 spiro atoms. The van der Waals surface area contributed by atoms with Crippen molar-refractivity contribution in [3.8, 4) is 0 Å². The Bertz CT molecular complexity index is 1810. The van der Waals surface area contributed by atoms with Gasteiger partial charge in [0.1, 0.15) is 5.36 Å². The summed E-state index contributed by atoms with van der Waals surface area (Å²) < 4.78 is 58.6. The summed E-state index contributed by atoms with van der Waals surface area (Å²) in [4.78, 5) is 36.7. The molecule has 0 aliphatic rings. The van der Waals surface area contributed by atoms with Gasteiger partial charge in [-0.3, -0.25) is 25.0 Å². The number of hydrogen-bond donors (Lipinski definition) is 4. The number of carboxylic acid groups (broad SMARTS) is 1. The van der Waals surface area contributed by atoms with Crippen molar-refractivity contribution in [1.29, 1.82) is 0 Å². The number of anilines is 2. The van der Waals surface area contributed by atoms with Crippen LogP contribution in [0.1, 0.15) is 15.9 Å². The predicted octanol–water partition coefficient (Wildman–Crippen LogP) is -0.262. The van der Waals surface area contributed by atoms with E-state index in [1.165, 1.54) is 18.2 Å². The van der Waals surface area contributed by atoms with E-state index in [9.17, 15) is 36.3 Å². The highest BCUT2D eigenvalue weighted by Gasteiger charge is 2.17. The number of sulfone groups is 1. The highest BCUT2D eigenvalue weighted by molar-refractivity contribution is 7.91. The van der Waals surface area contributed by atoms with Crippen LogP contribution in [0.3, 0.4) is 0 Å². The van der Waals surface area contributed by atoms with Crippen LogP contribution < -0.4 is 32.4 Å². The summed E-state index contributed by atoms with van der Waals surface area (Å²) in [6.45, 7) is 1.03. The molecular weight excluding hydrogens is 544 g/mol. The Morgan fingerprint density at radius 1 is 0.921 bits per heavy atom. The Balaban J connectivity index is 1.96. The number of benzene rings is 3. The van der Waals surface area contributed by atoms with Crippen molar-refractivity contribution in [2.24, 2.45) is 10.2 Å². The van der Waals surface area contributed by atoms with Gasteiger partial charge in [-0.2, -0.15) is 18.6 Å². The zero-order valence-electron chi connectivity index (χ0n) is 19.5. The normalized spacial score (nSPS) is 12.9. The van der Waals surface area contributed by atoms with Crippen LogP contribution in [0.5, 0.6) is 0 Å². The quantitative estimate of drug-likeness (QED) is 0.185. The smallest absolute Gasteiger partial charge is 0.397 e. The third kappa shape index (κ3) is 7.39. The Kier molecular flexibility index (Phi) is 8.52. The second kappa shape index (κ2) is 11.4. The number of rotatable bonds is 10. The van der Waals surface area contributed by atoms with E-state index in [1.807, 2.05) is 6.92 Å². The monoisotopic (exact) mass is 564 g/mol. The summed E-state index contributed by atoms with van der Waals surface area (Å²) in [6.07, 6.45) is 0. The minimum Gasteiger partial charge on any atom is -0.478 e. The number of carbonyl (C=O) groups is 1. The molecule has 0 radical (unpaired) electrons. The molecule has 4 N–H and O–H groups in total. The molecule has 3 aromatic rings. The second-order valence-corrected chi connectivity index (χ2v) is 10.9. The molecule has 3 rings (SSSR count). The summed E-state index contributed by atoms with van der Waals surface area (Å²) in [7, 11) is -8.88. The van der Waals surface area contributed by atoms with Crippen LogP contribution in [0, 0.1) is 6.92 Å². The lowest BCUT2D eigenvalue weighted by Crippen LogP contribution is -2.50. The summed E-state index contributed by atoms with van der Waals surface area (Å²) in [5.74, 6) is -2.34. The largest absolute Gasteiger partial charge is 0.478 e. The number of carboxylic acids is 1. The number of nitrogens with one attached hydrogen (secondary N) is 2. The van der Waals surface area contributed by atoms with E-state index >= 15 is 0 Å². The third-order valence-electron chi connectivity index (χ3n) is 4.85. The van der Waals surface area contributed by atoms with Crippen LogP contribution in [0.2, 0.25) is 0 Å². The molecule has 0 bridgehead atoms. The molecule has 14 nitrogen and oxygen atoms in total. The first-order chi connectivity index (χ1) is 17.8. The van der Waals surface area contributed by atoms with Gasteiger partial charge in [0.25, 0.3) is 0 Å². The Hall–Kier alpha value is -4.25. The number of aryl methyl sites for hydroxylation is 1. The molecule has 200 valence electrons. The molecule has 0 aliphatic heterocycles. The van der Waals surface area contributed by atoms with Crippen molar-refractivity contribution in [2.45, 2.75) is 11.8 Å². The first kappa shape index (κ1) is 28.3. The van der Waals surface area contributed by atoms with E-state index in [1.54, 1.807) is 24.3 Å². The van der Waals surface area contributed by atoms with Crippen LogP contribution in [0.15, 0.2) is 79.3 Å². The molecule has 38 heavy (non-hydrogen) atoms. The Labute approximate surface area is 215 Å². The summed E-state index contributed by atoms with van der Waals surface area (Å²) >= 11 is 0. The lowest BCUT2D eigenvalue weighted by Gasteiger charge is -2.06. The molecule has 0 unspecified atom stereocenters. The van der Waals surface area contributed by atoms with Crippen molar-refractivity contribution in [2.75, 3.05) is 23.2 Å². The van der Waals surface area contributed by atoms with E-state index in [-0.39, 0.29) is 10.6 Å². The van der Waals surface area contributed by atoms with E-state index in [0.29, 0.717) is 11.8 Å². The van der Waals surface area contributed by atoms with Crippen LogP contribution in [-0.2, 0) is 24.4 Å². The molecule has 0 aliphatic carbocycles. The topological polar surface area (TPSA) is 218 Å². The van der Waals surface area contributed by atoms with Crippen molar-refractivity contribution in [3.63, 3.8) is 0 Å². The van der Waals surface area contributed by atoms with Gasteiger partial charge in [0.15, 0.2) is 15.2 Å². The van der Waals surface area contributed by atoms with E-state index < -0.39 is 65.7 Å². The molecule has 0 atom stereocenters. The summed E-state index contributed by atoms with van der Waals surface area (Å²) in [5, 5.41) is 15.7. The molecule has 0 saturated carbocycles. The van der Waals surface area contributed by atoms with E-state index in [4.69, 9.17) is 4.55 Å². The molecule has 16 heteroatoms. The fourth-order valence-electron chi connectivity index (χ4n) is 2.99. The minimum absolute atomic E-state index is 0.0270. The molecule has 0 heterocycles. The van der Waals surface area contributed by atoms with Gasteiger partial charge in [-0.15, -0.1) is 0 Å².